The van der Waals surface area contributed by atoms with Crippen LogP contribution in [0.1, 0.15) is 11.7 Å². The van der Waals surface area contributed by atoms with E-state index in [0.29, 0.717) is 21.4 Å². The van der Waals surface area contributed by atoms with Gasteiger partial charge in [0.2, 0.25) is 6.10 Å². The Kier molecular flexibility index (Phi) is 4.30. The molecule has 0 spiro atoms. The molecule has 0 bridgehead atoms. The van der Waals surface area contributed by atoms with Gasteiger partial charge >= 0.3 is 5.97 Å². The van der Waals surface area contributed by atoms with Crippen LogP contribution in [0.3, 0.4) is 0 Å². The van der Waals surface area contributed by atoms with Gasteiger partial charge in [0.15, 0.2) is 0 Å². The molecule has 2 rings (SSSR count). The zero-order chi connectivity index (χ0) is 13.8. The van der Waals surface area contributed by atoms with Gasteiger partial charge in [0, 0.05) is 15.6 Å². The van der Waals surface area contributed by atoms with Crippen molar-refractivity contribution < 1.29 is 14.6 Å². The summed E-state index contributed by atoms with van der Waals surface area (Å²) in [5.74, 6) is -0.768. The Bertz CT molecular complexity index is 564. The average Bonchev–Trinajstić information content (AvgIpc) is 2.35. The van der Waals surface area contributed by atoms with Crippen molar-refractivity contribution in [3.63, 3.8) is 0 Å². The highest BCUT2D eigenvalue weighted by Gasteiger charge is 2.21. The minimum atomic E-state index is -1.10. The maximum atomic E-state index is 11.3. The molecule has 98 valence electrons. The van der Waals surface area contributed by atoms with Crippen molar-refractivity contribution >= 4 is 29.2 Å². The van der Waals surface area contributed by atoms with Gasteiger partial charge in [-0.25, -0.2) is 4.79 Å². The third kappa shape index (κ3) is 3.63. The van der Waals surface area contributed by atoms with Gasteiger partial charge in [-0.15, -0.1) is 0 Å². The molecule has 0 aliphatic carbocycles. The monoisotopic (exact) mass is 296 g/mol. The number of benzene rings is 2. The zero-order valence-electron chi connectivity index (χ0n) is 9.72. The van der Waals surface area contributed by atoms with Gasteiger partial charge in [-0.05, 0) is 18.2 Å². The van der Waals surface area contributed by atoms with E-state index in [4.69, 9.17) is 27.9 Å². The summed E-state index contributed by atoms with van der Waals surface area (Å²) in [5, 5.41) is 10.0. The fourth-order valence-electron chi connectivity index (χ4n) is 1.62. The lowest BCUT2D eigenvalue weighted by Crippen LogP contribution is -2.18. The molecular formula is C14H10Cl2O3. The molecular weight excluding hydrogens is 287 g/mol. The van der Waals surface area contributed by atoms with Gasteiger partial charge in [-0.1, -0.05) is 53.5 Å². The van der Waals surface area contributed by atoms with Crippen LogP contribution >= 0.6 is 23.2 Å². The number of rotatable bonds is 4. The SMILES string of the molecule is O=C(O)C(Oc1cc(Cl)cc(Cl)c1)c1ccccc1. The first-order valence-corrected chi connectivity index (χ1v) is 6.22. The second kappa shape index (κ2) is 5.95. The number of aliphatic carboxylic acids is 1. The van der Waals surface area contributed by atoms with Gasteiger partial charge < -0.3 is 9.84 Å². The molecule has 5 heteroatoms. The summed E-state index contributed by atoms with van der Waals surface area (Å²) in [5.41, 5.74) is 0.547. The second-order valence-corrected chi connectivity index (χ2v) is 4.72. The van der Waals surface area contributed by atoms with Crippen molar-refractivity contribution in [3.05, 3.63) is 64.1 Å². The van der Waals surface area contributed by atoms with E-state index in [1.54, 1.807) is 36.4 Å². The van der Waals surface area contributed by atoms with E-state index in [1.165, 1.54) is 12.1 Å². The summed E-state index contributed by atoms with van der Waals surface area (Å²) in [6.45, 7) is 0. The Morgan fingerprint density at radius 2 is 1.63 bits per heavy atom. The van der Waals surface area contributed by atoms with Gasteiger partial charge in [0.05, 0.1) is 0 Å². The molecule has 0 aromatic heterocycles. The number of carboxylic acid groups (broad SMARTS) is 1. The van der Waals surface area contributed by atoms with E-state index in [9.17, 15) is 9.90 Å². The van der Waals surface area contributed by atoms with Crippen molar-refractivity contribution in [2.75, 3.05) is 0 Å². The molecule has 0 saturated heterocycles. The molecule has 3 nitrogen and oxygen atoms in total. The van der Waals surface area contributed by atoms with Crippen molar-refractivity contribution in [1.29, 1.82) is 0 Å². The Morgan fingerprint density at radius 1 is 1.05 bits per heavy atom. The van der Waals surface area contributed by atoms with E-state index >= 15 is 0 Å². The van der Waals surface area contributed by atoms with Gasteiger partial charge in [0.1, 0.15) is 5.75 Å². The zero-order valence-corrected chi connectivity index (χ0v) is 11.2. The molecule has 19 heavy (non-hydrogen) atoms. The van der Waals surface area contributed by atoms with E-state index in [2.05, 4.69) is 0 Å². The molecule has 0 amide bonds. The Hall–Kier alpha value is -1.71. The Morgan fingerprint density at radius 3 is 2.16 bits per heavy atom. The van der Waals surface area contributed by atoms with Crippen LogP contribution in [0.15, 0.2) is 48.5 Å². The molecule has 0 radical (unpaired) electrons. The Balaban J connectivity index is 2.29. The van der Waals surface area contributed by atoms with Crippen LogP contribution in [0.5, 0.6) is 5.75 Å². The highest BCUT2D eigenvalue weighted by Crippen LogP contribution is 2.28. The second-order valence-electron chi connectivity index (χ2n) is 3.85. The summed E-state index contributed by atoms with van der Waals surface area (Å²) in [6.07, 6.45) is -1.10. The molecule has 0 heterocycles. The Labute approximate surface area is 120 Å². The van der Waals surface area contributed by atoms with Crippen molar-refractivity contribution in [3.8, 4) is 5.75 Å². The topological polar surface area (TPSA) is 46.5 Å². The lowest BCUT2D eigenvalue weighted by molar-refractivity contribution is -0.145. The fourth-order valence-corrected chi connectivity index (χ4v) is 2.13. The van der Waals surface area contributed by atoms with Crippen LogP contribution in [0.25, 0.3) is 0 Å². The van der Waals surface area contributed by atoms with Crippen LogP contribution in [0.4, 0.5) is 0 Å². The predicted molar refractivity (Wildman–Crippen MR) is 73.9 cm³/mol. The fraction of sp³-hybridized carbons (Fsp3) is 0.0714. The van der Waals surface area contributed by atoms with Crippen molar-refractivity contribution in [2.45, 2.75) is 6.10 Å². The number of hydrogen-bond acceptors (Lipinski definition) is 2. The molecule has 2 aromatic carbocycles. The summed E-state index contributed by atoms with van der Waals surface area (Å²) in [7, 11) is 0. The van der Waals surface area contributed by atoms with E-state index in [0.717, 1.165) is 0 Å². The molecule has 0 fully saturated rings. The highest BCUT2D eigenvalue weighted by molar-refractivity contribution is 6.34. The van der Waals surface area contributed by atoms with Gasteiger partial charge in [0.25, 0.3) is 0 Å². The molecule has 0 aliphatic rings. The third-order valence-electron chi connectivity index (χ3n) is 2.42. The predicted octanol–water partition coefficient (Wildman–Crippen LogP) is 4.20. The summed E-state index contributed by atoms with van der Waals surface area (Å²) in [6, 6.07) is 13.3. The van der Waals surface area contributed by atoms with E-state index in [-0.39, 0.29) is 0 Å². The number of ether oxygens (including phenoxy) is 1. The minimum absolute atomic E-state index is 0.314. The number of carboxylic acids is 1. The van der Waals surface area contributed by atoms with Crippen LogP contribution in [-0.2, 0) is 4.79 Å². The first-order valence-electron chi connectivity index (χ1n) is 5.47. The minimum Gasteiger partial charge on any atom is -0.478 e. The first-order chi connectivity index (χ1) is 9.06. The smallest absolute Gasteiger partial charge is 0.349 e. The molecule has 1 atom stereocenters. The van der Waals surface area contributed by atoms with E-state index < -0.39 is 12.1 Å². The number of hydrogen-bond donors (Lipinski definition) is 1. The molecule has 0 aliphatic heterocycles. The standard InChI is InChI=1S/C14H10Cl2O3/c15-10-6-11(16)8-12(7-10)19-13(14(17)18)9-4-2-1-3-5-9/h1-8,13H,(H,17,18). The summed E-state index contributed by atoms with van der Waals surface area (Å²) < 4.78 is 5.46. The quantitative estimate of drug-likeness (QED) is 0.920. The largest absolute Gasteiger partial charge is 0.478 e. The lowest BCUT2D eigenvalue weighted by Gasteiger charge is -2.15. The number of halogens is 2. The normalized spacial score (nSPS) is 11.9. The maximum absolute atomic E-state index is 11.3. The first kappa shape index (κ1) is 13.7. The molecule has 1 unspecified atom stereocenters. The van der Waals surface area contributed by atoms with Crippen LogP contribution in [0, 0.1) is 0 Å². The van der Waals surface area contributed by atoms with Crippen LogP contribution in [0.2, 0.25) is 10.0 Å². The van der Waals surface area contributed by atoms with Crippen LogP contribution in [-0.4, -0.2) is 11.1 Å². The average molecular weight is 297 g/mol. The third-order valence-corrected chi connectivity index (χ3v) is 2.85. The number of carbonyl (C=O) groups is 1. The maximum Gasteiger partial charge on any atom is 0.349 e. The highest BCUT2D eigenvalue weighted by atomic mass is 35.5. The van der Waals surface area contributed by atoms with Gasteiger partial charge in [-0.3, -0.25) is 0 Å². The van der Waals surface area contributed by atoms with Crippen LogP contribution < -0.4 is 4.74 Å². The molecule has 0 saturated carbocycles. The molecule has 1 N–H and O–H groups in total. The van der Waals surface area contributed by atoms with Gasteiger partial charge in [-0.2, -0.15) is 0 Å². The summed E-state index contributed by atoms with van der Waals surface area (Å²) >= 11 is 11.7. The summed E-state index contributed by atoms with van der Waals surface area (Å²) in [4.78, 5) is 11.3. The van der Waals surface area contributed by atoms with Crippen molar-refractivity contribution in [2.24, 2.45) is 0 Å². The molecule has 2 aromatic rings. The van der Waals surface area contributed by atoms with E-state index in [1.807, 2.05) is 0 Å². The lowest BCUT2D eigenvalue weighted by atomic mass is 10.1. The van der Waals surface area contributed by atoms with Crippen molar-refractivity contribution in [1.82, 2.24) is 0 Å².